The van der Waals surface area contributed by atoms with Crippen LogP contribution in [0, 0.1) is 0 Å². The molecule has 168 valence electrons. The average molecular weight is 534 g/mol. The number of rotatable bonds is 7. The number of amides is 1. The summed E-state index contributed by atoms with van der Waals surface area (Å²) in [6.07, 6.45) is 1.49. The van der Waals surface area contributed by atoms with E-state index in [1.807, 2.05) is 32.0 Å². The fourth-order valence-electron chi connectivity index (χ4n) is 3.22. The standard InChI is InChI=1S/C20H30N4O5.HI/c1-3-21-19(23-15-7-10-24(11-8-15)20(25)26-4-2)22-9-12-27-16-5-6-17-18(13-16)29-14-28-17;/h5-6,13,15H,3-4,7-12,14H2,1-2H3,(H2,21,22,23);1H. The number of carbonyl (C=O) groups excluding carboxylic acids is 1. The largest absolute Gasteiger partial charge is 0.492 e. The molecule has 0 saturated carbocycles. The number of fused-ring (bicyclic) bond motifs is 1. The van der Waals surface area contributed by atoms with Crippen LogP contribution in [0.5, 0.6) is 17.2 Å². The number of piperidine rings is 1. The normalized spacial score (nSPS) is 15.9. The second kappa shape index (κ2) is 12.6. The molecule has 1 saturated heterocycles. The number of ether oxygens (including phenoxy) is 4. The fourth-order valence-corrected chi connectivity index (χ4v) is 3.22. The van der Waals surface area contributed by atoms with Gasteiger partial charge in [0.2, 0.25) is 6.79 Å². The van der Waals surface area contributed by atoms with Crippen molar-refractivity contribution in [2.45, 2.75) is 32.7 Å². The van der Waals surface area contributed by atoms with Crippen LogP contribution < -0.4 is 24.8 Å². The second-order valence-electron chi connectivity index (χ2n) is 6.73. The van der Waals surface area contributed by atoms with Gasteiger partial charge in [0.05, 0.1) is 13.2 Å². The Morgan fingerprint density at radius 3 is 2.73 bits per heavy atom. The third-order valence-electron chi connectivity index (χ3n) is 4.68. The van der Waals surface area contributed by atoms with Crippen LogP contribution in [0.1, 0.15) is 26.7 Å². The number of aliphatic imine (C=N–C) groups is 1. The highest BCUT2D eigenvalue weighted by atomic mass is 127. The number of benzene rings is 1. The quantitative estimate of drug-likeness (QED) is 0.241. The number of guanidine groups is 1. The molecule has 0 atom stereocenters. The van der Waals surface area contributed by atoms with E-state index in [4.69, 9.17) is 18.9 Å². The molecule has 2 N–H and O–H groups in total. The highest BCUT2D eigenvalue weighted by molar-refractivity contribution is 14.0. The van der Waals surface area contributed by atoms with Crippen molar-refractivity contribution in [3.8, 4) is 17.2 Å². The highest BCUT2D eigenvalue weighted by Crippen LogP contribution is 2.34. The summed E-state index contributed by atoms with van der Waals surface area (Å²) in [5.41, 5.74) is 0. The summed E-state index contributed by atoms with van der Waals surface area (Å²) in [7, 11) is 0. The van der Waals surface area contributed by atoms with Gasteiger partial charge in [-0.15, -0.1) is 24.0 Å². The predicted octanol–water partition coefficient (Wildman–Crippen LogP) is 2.59. The van der Waals surface area contributed by atoms with Crippen molar-refractivity contribution in [2.75, 3.05) is 46.2 Å². The first-order valence-electron chi connectivity index (χ1n) is 10.2. The third kappa shape index (κ3) is 6.99. The number of likely N-dealkylation sites (tertiary alicyclic amines) is 1. The van der Waals surface area contributed by atoms with Gasteiger partial charge in [-0.05, 0) is 38.8 Å². The summed E-state index contributed by atoms with van der Waals surface area (Å²) in [5, 5.41) is 6.71. The first kappa shape index (κ1) is 24.2. The lowest BCUT2D eigenvalue weighted by Gasteiger charge is -2.32. The lowest BCUT2D eigenvalue weighted by atomic mass is 10.1. The number of halogens is 1. The molecule has 1 amide bonds. The first-order valence-corrected chi connectivity index (χ1v) is 10.2. The van der Waals surface area contributed by atoms with Gasteiger partial charge in [0.15, 0.2) is 17.5 Å². The summed E-state index contributed by atoms with van der Waals surface area (Å²) in [5.74, 6) is 2.93. The van der Waals surface area contributed by atoms with Crippen LogP contribution in [0.25, 0.3) is 0 Å². The zero-order valence-corrected chi connectivity index (χ0v) is 19.8. The highest BCUT2D eigenvalue weighted by Gasteiger charge is 2.24. The molecule has 2 heterocycles. The van der Waals surface area contributed by atoms with Crippen molar-refractivity contribution < 1.29 is 23.7 Å². The van der Waals surface area contributed by atoms with Crippen LogP contribution in [0.4, 0.5) is 4.79 Å². The van der Waals surface area contributed by atoms with Crippen LogP contribution in [0.15, 0.2) is 23.2 Å². The van der Waals surface area contributed by atoms with E-state index in [-0.39, 0.29) is 42.9 Å². The summed E-state index contributed by atoms with van der Waals surface area (Å²) in [6, 6.07) is 5.80. The topological polar surface area (TPSA) is 93.7 Å². The summed E-state index contributed by atoms with van der Waals surface area (Å²) < 4.78 is 21.5. The minimum atomic E-state index is -0.229. The van der Waals surface area contributed by atoms with E-state index in [0.29, 0.717) is 38.6 Å². The van der Waals surface area contributed by atoms with E-state index in [2.05, 4.69) is 15.6 Å². The Morgan fingerprint density at radius 1 is 1.23 bits per heavy atom. The van der Waals surface area contributed by atoms with Crippen molar-refractivity contribution in [1.82, 2.24) is 15.5 Å². The second-order valence-corrected chi connectivity index (χ2v) is 6.73. The Labute approximate surface area is 194 Å². The van der Waals surface area contributed by atoms with Gasteiger partial charge >= 0.3 is 6.09 Å². The molecular formula is C20H31IN4O5. The van der Waals surface area contributed by atoms with Gasteiger partial charge < -0.3 is 34.5 Å². The van der Waals surface area contributed by atoms with E-state index in [9.17, 15) is 4.79 Å². The molecule has 1 aromatic rings. The van der Waals surface area contributed by atoms with Crippen LogP contribution in [0.3, 0.4) is 0 Å². The van der Waals surface area contributed by atoms with Gasteiger partial charge in [0.1, 0.15) is 12.4 Å². The van der Waals surface area contributed by atoms with Gasteiger partial charge in [-0.2, -0.15) is 0 Å². The van der Waals surface area contributed by atoms with Crippen molar-refractivity contribution in [3.63, 3.8) is 0 Å². The zero-order chi connectivity index (χ0) is 20.5. The first-order chi connectivity index (χ1) is 14.2. The maximum absolute atomic E-state index is 11.8. The lowest BCUT2D eigenvalue weighted by molar-refractivity contribution is 0.0963. The van der Waals surface area contributed by atoms with Crippen molar-refractivity contribution in [1.29, 1.82) is 0 Å². The third-order valence-corrected chi connectivity index (χ3v) is 4.68. The number of nitrogens with zero attached hydrogens (tertiary/aromatic N) is 2. The van der Waals surface area contributed by atoms with Crippen molar-refractivity contribution >= 4 is 36.0 Å². The number of nitrogens with one attached hydrogen (secondary N) is 2. The summed E-state index contributed by atoms with van der Waals surface area (Å²) in [4.78, 5) is 18.1. The maximum atomic E-state index is 11.8. The van der Waals surface area contributed by atoms with Gasteiger partial charge in [-0.25, -0.2) is 9.79 Å². The molecule has 9 nitrogen and oxygen atoms in total. The van der Waals surface area contributed by atoms with Gasteiger partial charge in [-0.1, -0.05) is 0 Å². The van der Waals surface area contributed by atoms with E-state index in [1.165, 1.54) is 0 Å². The molecule has 10 heteroatoms. The summed E-state index contributed by atoms with van der Waals surface area (Å²) in [6.45, 7) is 7.62. The van der Waals surface area contributed by atoms with Gasteiger partial charge in [0, 0.05) is 31.7 Å². The Bertz CT molecular complexity index is 710. The molecule has 0 unspecified atom stereocenters. The number of hydrogen-bond acceptors (Lipinski definition) is 6. The van der Waals surface area contributed by atoms with Crippen molar-refractivity contribution in [3.05, 3.63) is 18.2 Å². The molecule has 1 fully saturated rings. The molecular weight excluding hydrogens is 503 g/mol. The molecule has 0 spiro atoms. The van der Waals surface area contributed by atoms with Crippen LogP contribution in [0.2, 0.25) is 0 Å². The Balaban J connectivity index is 0.00000320. The molecule has 0 bridgehead atoms. The molecule has 0 aliphatic carbocycles. The van der Waals surface area contributed by atoms with Gasteiger partial charge in [0.25, 0.3) is 0 Å². The minimum Gasteiger partial charge on any atom is -0.492 e. The number of hydrogen-bond donors (Lipinski definition) is 2. The molecule has 3 rings (SSSR count). The molecule has 30 heavy (non-hydrogen) atoms. The summed E-state index contributed by atoms with van der Waals surface area (Å²) >= 11 is 0. The minimum absolute atomic E-state index is 0. The fraction of sp³-hybridized carbons (Fsp3) is 0.600. The maximum Gasteiger partial charge on any atom is 0.409 e. The SMILES string of the molecule is CCNC(=NCCOc1ccc2c(c1)OCO2)NC1CCN(C(=O)OCC)CC1.I. The van der Waals surface area contributed by atoms with E-state index in [1.54, 1.807) is 4.90 Å². The molecule has 0 aromatic heterocycles. The van der Waals surface area contributed by atoms with Crippen LogP contribution in [-0.4, -0.2) is 69.2 Å². The molecule has 0 radical (unpaired) electrons. The average Bonchev–Trinajstić information content (AvgIpc) is 3.20. The molecule has 2 aliphatic heterocycles. The molecule has 2 aliphatic rings. The Hall–Kier alpha value is -2.11. The van der Waals surface area contributed by atoms with E-state index in [0.717, 1.165) is 36.8 Å². The predicted molar refractivity (Wildman–Crippen MR) is 124 cm³/mol. The Morgan fingerprint density at radius 2 is 2.00 bits per heavy atom. The van der Waals surface area contributed by atoms with Crippen molar-refractivity contribution in [2.24, 2.45) is 4.99 Å². The van der Waals surface area contributed by atoms with Crippen LogP contribution in [-0.2, 0) is 4.74 Å². The monoisotopic (exact) mass is 534 g/mol. The Kier molecular flexibility index (Phi) is 10.1. The zero-order valence-electron chi connectivity index (χ0n) is 17.5. The molecule has 1 aromatic carbocycles. The van der Waals surface area contributed by atoms with E-state index >= 15 is 0 Å². The van der Waals surface area contributed by atoms with Crippen LogP contribution >= 0.6 is 24.0 Å². The lowest BCUT2D eigenvalue weighted by Crippen LogP contribution is -2.50. The van der Waals surface area contributed by atoms with Gasteiger partial charge in [-0.3, -0.25) is 0 Å². The number of carbonyl (C=O) groups is 1. The van der Waals surface area contributed by atoms with E-state index < -0.39 is 0 Å². The smallest absolute Gasteiger partial charge is 0.409 e.